The Labute approximate surface area is 252 Å². The summed E-state index contributed by atoms with van der Waals surface area (Å²) < 4.78 is 4.48. The van der Waals surface area contributed by atoms with Gasteiger partial charge in [-0.3, -0.25) is 0 Å². The molecule has 0 saturated heterocycles. The van der Waals surface area contributed by atoms with Crippen molar-refractivity contribution >= 4 is 65.2 Å². The van der Waals surface area contributed by atoms with E-state index < -0.39 is 0 Å². The van der Waals surface area contributed by atoms with Gasteiger partial charge in [-0.15, -0.1) is 0 Å². The van der Waals surface area contributed by atoms with Crippen LogP contribution in [0.1, 0.15) is 11.1 Å². The zero-order chi connectivity index (χ0) is 29.4. The van der Waals surface area contributed by atoms with Crippen LogP contribution in [0.15, 0.2) is 133 Å². The van der Waals surface area contributed by atoms with Gasteiger partial charge in [0, 0.05) is 26.9 Å². The average Bonchev–Trinajstić information content (AvgIpc) is 3.61. The second-order valence-electron chi connectivity index (χ2n) is 11.1. The second kappa shape index (κ2) is 9.07. The van der Waals surface area contributed by atoms with Crippen molar-refractivity contribution in [3.63, 3.8) is 0 Å². The van der Waals surface area contributed by atoms with Crippen molar-refractivity contribution in [3.8, 4) is 23.5 Å². The fraction of sp³-hybridized carbons (Fsp3) is 0. The average molecular weight is 559 g/mol. The quantitative estimate of drug-likeness (QED) is 0.198. The highest BCUT2D eigenvalue weighted by atomic mass is 15.1. The topological polar surface area (TPSA) is 57.4 Å². The number of fused-ring (bicyclic) bond motifs is 11. The Morgan fingerprint density at radius 2 is 0.886 bits per heavy atom. The monoisotopic (exact) mass is 558 g/mol. The molecule has 0 radical (unpaired) electrons. The number of para-hydroxylation sites is 3. The zero-order valence-corrected chi connectivity index (χ0v) is 23.5. The lowest BCUT2D eigenvalue weighted by Crippen LogP contribution is -2.07. The maximum Gasteiger partial charge on any atom is 0.103 e. The highest BCUT2D eigenvalue weighted by Gasteiger charge is 2.25. The molecular formula is C40H22N4. The molecule has 0 aliphatic rings. The highest BCUT2D eigenvalue weighted by molar-refractivity contribution is 6.32. The molecule has 0 fully saturated rings. The van der Waals surface area contributed by atoms with E-state index in [2.05, 4.69) is 118 Å². The predicted octanol–water partition coefficient (Wildman–Crippen LogP) is 9.93. The molecule has 0 aliphatic heterocycles. The molecule has 0 atom stereocenters. The summed E-state index contributed by atoms with van der Waals surface area (Å²) in [5, 5.41) is 30.1. The van der Waals surface area contributed by atoms with Gasteiger partial charge in [0.15, 0.2) is 0 Å². The largest absolute Gasteiger partial charge is 0.306 e. The van der Waals surface area contributed by atoms with Gasteiger partial charge < -0.3 is 9.13 Å². The van der Waals surface area contributed by atoms with Crippen LogP contribution in [-0.4, -0.2) is 9.13 Å². The van der Waals surface area contributed by atoms with E-state index in [4.69, 9.17) is 0 Å². The fourth-order valence-electron chi connectivity index (χ4n) is 7.24. The first kappa shape index (κ1) is 24.3. The molecule has 0 unspecified atom stereocenters. The molecule has 0 saturated carbocycles. The molecule has 0 aliphatic carbocycles. The van der Waals surface area contributed by atoms with Crippen LogP contribution < -0.4 is 0 Å². The number of nitrogens with zero attached hydrogens (tertiary/aromatic N) is 4. The Bertz CT molecular complexity index is 2690. The molecule has 0 spiro atoms. The first-order chi connectivity index (χ1) is 21.8. The normalized spacial score (nSPS) is 11.6. The summed E-state index contributed by atoms with van der Waals surface area (Å²) in [6.07, 6.45) is 0. The summed E-state index contributed by atoms with van der Waals surface area (Å²) >= 11 is 0. The predicted molar refractivity (Wildman–Crippen MR) is 180 cm³/mol. The maximum absolute atomic E-state index is 10.7. The van der Waals surface area contributed by atoms with Crippen molar-refractivity contribution in [3.05, 3.63) is 145 Å². The molecule has 0 N–H and O–H groups in total. The Morgan fingerprint density at radius 1 is 0.409 bits per heavy atom. The summed E-state index contributed by atoms with van der Waals surface area (Å²) in [6.45, 7) is 0. The van der Waals surface area contributed by atoms with Crippen molar-refractivity contribution in [1.82, 2.24) is 9.13 Å². The van der Waals surface area contributed by atoms with Gasteiger partial charge in [-0.25, -0.2) is 0 Å². The van der Waals surface area contributed by atoms with E-state index in [1.54, 1.807) is 6.07 Å². The summed E-state index contributed by atoms with van der Waals surface area (Å²) in [5.41, 5.74) is 6.34. The van der Waals surface area contributed by atoms with E-state index in [1.807, 2.05) is 30.3 Å². The highest BCUT2D eigenvalue weighted by Crippen LogP contribution is 2.44. The van der Waals surface area contributed by atoms with Crippen LogP contribution in [0, 0.1) is 22.7 Å². The minimum Gasteiger partial charge on any atom is -0.306 e. The van der Waals surface area contributed by atoms with Gasteiger partial charge in [-0.05, 0) is 46.5 Å². The van der Waals surface area contributed by atoms with Gasteiger partial charge in [-0.2, -0.15) is 10.5 Å². The van der Waals surface area contributed by atoms with Crippen LogP contribution in [0.3, 0.4) is 0 Å². The number of hydrogen-bond donors (Lipinski definition) is 0. The third kappa shape index (κ3) is 3.09. The first-order valence-corrected chi connectivity index (χ1v) is 14.6. The van der Waals surface area contributed by atoms with Gasteiger partial charge in [0.2, 0.25) is 0 Å². The van der Waals surface area contributed by atoms with Crippen molar-refractivity contribution in [2.45, 2.75) is 0 Å². The van der Waals surface area contributed by atoms with Crippen LogP contribution in [0.2, 0.25) is 0 Å². The van der Waals surface area contributed by atoms with E-state index in [0.29, 0.717) is 16.8 Å². The lowest BCUT2D eigenvalue weighted by Gasteiger charge is -2.19. The molecule has 44 heavy (non-hydrogen) atoms. The van der Waals surface area contributed by atoms with E-state index in [-0.39, 0.29) is 0 Å². The summed E-state index contributed by atoms with van der Waals surface area (Å²) in [7, 11) is 0. The fourth-order valence-corrected chi connectivity index (χ4v) is 7.24. The number of hydrogen-bond acceptors (Lipinski definition) is 2. The lowest BCUT2D eigenvalue weighted by atomic mass is 9.97. The van der Waals surface area contributed by atoms with Gasteiger partial charge >= 0.3 is 0 Å². The minimum absolute atomic E-state index is 0.351. The zero-order valence-electron chi connectivity index (χ0n) is 23.5. The van der Waals surface area contributed by atoms with Gasteiger partial charge in [0.05, 0.1) is 44.6 Å². The van der Waals surface area contributed by atoms with Crippen LogP contribution in [0.5, 0.6) is 0 Å². The third-order valence-corrected chi connectivity index (χ3v) is 8.98. The van der Waals surface area contributed by atoms with Gasteiger partial charge in [0.25, 0.3) is 0 Å². The smallest absolute Gasteiger partial charge is 0.103 e. The Balaban J connectivity index is 1.58. The minimum atomic E-state index is 0.351. The van der Waals surface area contributed by atoms with E-state index >= 15 is 0 Å². The summed E-state index contributed by atoms with van der Waals surface area (Å²) in [6, 6.07) is 50.7. The van der Waals surface area contributed by atoms with Gasteiger partial charge in [-0.1, -0.05) is 103 Å². The standard InChI is InChI=1S/C40H22N4/c41-23-25-21-22-37(39(33(25)24-42)43-34-18-8-5-13-28(34)29-14-6-9-19-35(29)43)44-36-20-10-7-17-32(36)38-30-15-3-1-11-26(30)27-12-2-4-16-31(27)40(38)44/h1-22H. The number of benzene rings is 7. The number of rotatable bonds is 2. The molecule has 7 aromatic carbocycles. The van der Waals surface area contributed by atoms with Gasteiger partial charge in [0.1, 0.15) is 12.1 Å². The maximum atomic E-state index is 10.7. The van der Waals surface area contributed by atoms with E-state index in [9.17, 15) is 10.5 Å². The Kier molecular flexibility index (Phi) is 5.00. The Hall–Kier alpha value is -6.36. The van der Waals surface area contributed by atoms with E-state index in [0.717, 1.165) is 49.3 Å². The number of nitriles is 2. The third-order valence-electron chi connectivity index (χ3n) is 8.98. The SMILES string of the molecule is N#Cc1ccc(-n2c3ccccc3c3c4ccccc4c4ccccc4c32)c(-n2c3ccccc3c3ccccc32)c1C#N. The van der Waals surface area contributed by atoms with Crippen LogP contribution in [0.4, 0.5) is 0 Å². The van der Waals surface area contributed by atoms with Crippen molar-refractivity contribution in [2.75, 3.05) is 0 Å². The summed E-state index contributed by atoms with van der Waals surface area (Å²) in [5.74, 6) is 0. The number of aromatic nitrogens is 2. The van der Waals surface area contributed by atoms with Crippen molar-refractivity contribution in [2.24, 2.45) is 0 Å². The molecule has 9 rings (SSSR count). The Morgan fingerprint density at radius 3 is 1.48 bits per heavy atom. The second-order valence-corrected chi connectivity index (χ2v) is 11.1. The molecule has 0 amide bonds. The first-order valence-electron chi connectivity index (χ1n) is 14.6. The molecule has 9 aromatic rings. The molecule has 4 heteroatoms. The molecular weight excluding hydrogens is 536 g/mol. The summed E-state index contributed by atoms with van der Waals surface area (Å²) in [4.78, 5) is 0. The van der Waals surface area contributed by atoms with Crippen LogP contribution in [-0.2, 0) is 0 Å². The molecule has 2 aromatic heterocycles. The lowest BCUT2D eigenvalue weighted by molar-refractivity contribution is 1.09. The van der Waals surface area contributed by atoms with Crippen LogP contribution >= 0.6 is 0 Å². The van der Waals surface area contributed by atoms with E-state index in [1.165, 1.54) is 21.5 Å². The molecule has 2 heterocycles. The molecule has 4 nitrogen and oxygen atoms in total. The van der Waals surface area contributed by atoms with Crippen molar-refractivity contribution in [1.29, 1.82) is 10.5 Å². The molecule has 0 bridgehead atoms. The molecule has 202 valence electrons. The van der Waals surface area contributed by atoms with Crippen LogP contribution in [0.25, 0.3) is 76.5 Å². The van der Waals surface area contributed by atoms with Crippen molar-refractivity contribution < 1.29 is 0 Å².